The predicted molar refractivity (Wildman–Crippen MR) is 70.8 cm³/mol. The van der Waals surface area contributed by atoms with Crippen LogP contribution in [0.25, 0.3) is 0 Å². The van der Waals surface area contributed by atoms with Gasteiger partial charge in [-0.1, -0.05) is 37.3 Å². The molecule has 0 bridgehead atoms. The Bertz CT molecular complexity index is 335. The molecule has 0 saturated heterocycles. The number of nitrogens with one attached hydrogen (secondary N) is 2. The van der Waals surface area contributed by atoms with Crippen molar-refractivity contribution in [2.75, 3.05) is 6.54 Å². The summed E-state index contributed by atoms with van der Waals surface area (Å²) in [5.41, 5.74) is 1.23. The average molecular weight is 234 g/mol. The summed E-state index contributed by atoms with van der Waals surface area (Å²) >= 11 is 0. The van der Waals surface area contributed by atoms with E-state index in [0.29, 0.717) is 6.54 Å². The van der Waals surface area contributed by atoms with E-state index in [4.69, 9.17) is 0 Å². The van der Waals surface area contributed by atoms with Crippen molar-refractivity contribution >= 4 is 5.91 Å². The van der Waals surface area contributed by atoms with Crippen molar-refractivity contribution in [2.24, 2.45) is 0 Å². The van der Waals surface area contributed by atoms with Gasteiger partial charge in [-0.05, 0) is 25.8 Å². The zero-order valence-corrected chi connectivity index (χ0v) is 10.9. The van der Waals surface area contributed by atoms with Gasteiger partial charge in [0.15, 0.2) is 0 Å². The molecule has 17 heavy (non-hydrogen) atoms. The van der Waals surface area contributed by atoms with Gasteiger partial charge in [0.1, 0.15) is 0 Å². The third-order valence-corrected chi connectivity index (χ3v) is 2.57. The van der Waals surface area contributed by atoms with Gasteiger partial charge in [-0.15, -0.1) is 0 Å². The van der Waals surface area contributed by atoms with E-state index in [9.17, 15) is 4.79 Å². The van der Waals surface area contributed by atoms with Crippen LogP contribution in [0.2, 0.25) is 0 Å². The molecule has 3 heteroatoms. The van der Waals surface area contributed by atoms with Crippen LogP contribution in [0.15, 0.2) is 30.3 Å². The van der Waals surface area contributed by atoms with Crippen molar-refractivity contribution in [1.82, 2.24) is 10.6 Å². The third kappa shape index (κ3) is 5.00. The lowest BCUT2D eigenvalue weighted by Gasteiger charge is -2.17. The van der Waals surface area contributed by atoms with Crippen molar-refractivity contribution in [3.05, 3.63) is 35.9 Å². The molecular formula is C14H22N2O. The molecule has 0 heterocycles. The second-order valence-corrected chi connectivity index (χ2v) is 4.47. The van der Waals surface area contributed by atoms with E-state index >= 15 is 0 Å². The first-order valence-corrected chi connectivity index (χ1v) is 6.21. The fourth-order valence-electron chi connectivity index (χ4n) is 1.77. The fraction of sp³-hybridized carbons (Fsp3) is 0.500. The first-order chi connectivity index (χ1) is 8.13. The van der Waals surface area contributed by atoms with Crippen LogP contribution in [0.5, 0.6) is 0 Å². The van der Waals surface area contributed by atoms with E-state index in [1.165, 1.54) is 5.56 Å². The highest BCUT2D eigenvalue weighted by atomic mass is 16.1. The highest BCUT2D eigenvalue weighted by Crippen LogP contribution is 2.15. The number of carbonyl (C=O) groups excluding carboxylic acids is 1. The molecule has 0 fully saturated rings. The minimum atomic E-state index is 0.0504. The quantitative estimate of drug-likeness (QED) is 0.792. The summed E-state index contributed by atoms with van der Waals surface area (Å²) in [7, 11) is 0. The number of rotatable bonds is 6. The molecule has 0 spiro atoms. The summed E-state index contributed by atoms with van der Waals surface area (Å²) in [5, 5.41) is 6.15. The van der Waals surface area contributed by atoms with Gasteiger partial charge >= 0.3 is 0 Å². The minimum absolute atomic E-state index is 0.0504. The van der Waals surface area contributed by atoms with E-state index in [-0.39, 0.29) is 18.0 Å². The fourth-order valence-corrected chi connectivity index (χ4v) is 1.77. The second kappa shape index (κ2) is 7.07. The normalized spacial score (nSPS) is 12.5. The first-order valence-electron chi connectivity index (χ1n) is 6.21. The lowest BCUT2D eigenvalue weighted by molar-refractivity contribution is -0.120. The van der Waals surface area contributed by atoms with Gasteiger partial charge in [0, 0.05) is 12.1 Å². The molecule has 1 aromatic carbocycles. The summed E-state index contributed by atoms with van der Waals surface area (Å²) in [6, 6.07) is 10.7. The molecule has 0 aliphatic heterocycles. The zero-order chi connectivity index (χ0) is 12.7. The maximum Gasteiger partial charge on any atom is 0.234 e. The van der Waals surface area contributed by atoms with Crippen LogP contribution in [0.4, 0.5) is 0 Å². The third-order valence-electron chi connectivity index (χ3n) is 2.57. The van der Waals surface area contributed by atoms with E-state index in [1.54, 1.807) is 0 Å². The molecule has 3 nitrogen and oxygen atoms in total. The molecule has 1 amide bonds. The Morgan fingerprint density at radius 1 is 1.24 bits per heavy atom. The van der Waals surface area contributed by atoms with Crippen LogP contribution in [0, 0.1) is 0 Å². The molecule has 1 aromatic rings. The van der Waals surface area contributed by atoms with Crippen molar-refractivity contribution in [3.63, 3.8) is 0 Å². The molecule has 2 N–H and O–H groups in total. The summed E-state index contributed by atoms with van der Waals surface area (Å²) in [4.78, 5) is 11.5. The van der Waals surface area contributed by atoms with E-state index in [0.717, 1.165) is 6.42 Å². The maximum absolute atomic E-state index is 11.5. The molecule has 0 radical (unpaired) electrons. The van der Waals surface area contributed by atoms with Crippen molar-refractivity contribution < 1.29 is 4.79 Å². The van der Waals surface area contributed by atoms with Crippen LogP contribution in [-0.4, -0.2) is 18.5 Å². The van der Waals surface area contributed by atoms with E-state index in [2.05, 4.69) is 29.7 Å². The van der Waals surface area contributed by atoms with Gasteiger partial charge in [0.25, 0.3) is 0 Å². The molecule has 0 aromatic heterocycles. The summed E-state index contributed by atoms with van der Waals surface area (Å²) < 4.78 is 0. The lowest BCUT2D eigenvalue weighted by atomic mass is 10.0. The standard InChI is InChI=1S/C14H22N2O/c1-4-13(12-8-6-5-7-9-12)15-10-14(17)16-11(2)3/h5-9,11,13,15H,4,10H2,1-3H3,(H,16,17). The number of hydrogen-bond acceptors (Lipinski definition) is 2. The van der Waals surface area contributed by atoms with Gasteiger partial charge in [-0.25, -0.2) is 0 Å². The second-order valence-electron chi connectivity index (χ2n) is 4.47. The molecular weight excluding hydrogens is 212 g/mol. The monoisotopic (exact) mass is 234 g/mol. The van der Waals surface area contributed by atoms with Crippen LogP contribution in [0.1, 0.15) is 38.8 Å². The molecule has 0 saturated carbocycles. The van der Waals surface area contributed by atoms with Crippen LogP contribution in [-0.2, 0) is 4.79 Å². The highest BCUT2D eigenvalue weighted by Gasteiger charge is 2.10. The number of amides is 1. The predicted octanol–water partition coefficient (Wildman–Crippen LogP) is 2.25. The zero-order valence-electron chi connectivity index (χ0n) is 10.9. The largest absolute Gasteiger partial charge is 0.353 e. The van der Waals surface area contributed by atoms with Gasteiger partial charge in [0.05, 0.1) is 6.54 Å². The van der Waals surface area contributed by atoms with Crippen molar-refractivity contribution in [3.8, 4) is 0 Å². The number of carbonyl (C=O) groups is 1. The van der Waals surface area contributed by atoms with Gasteiger partial charge in [-0.2, -0.15) is 0 Å². The Hall–Kier alpha value is -1.35. The Labute approximate surface area is 104 Å². The number of hydrogen-bond donors (Lipinski definition) is 2. The van der Waals surface area contributed by atoms with Crippen LogP contribution >= 0.6 is 0 Å². The average Bonchev–Trinajstić information content (AvgIpc) is 2.30. The Kier molecular flexibility index (Phi) is 5.70. The van der Waals surface area contributed by atoms with Crippen molar-refractivity contribution in [1.29, 1.82) is 0 Å². The van der Waals surface area contributed by atoms with Crippen molar-refractivity contribution in [2.45, 2.75) is 39.3 Å². The number of benzene rings is 1. The SMILES string of the molecule is CCC(NCC(=O)NC(C)C)c1ccccc1. The summed E-state index contributed by atoms with van der Waals surface area (Å²) in [5.74, 6) is 0.0504. The topological polar surface area (TPSA) is 41.1 Å². The van der Waals surface area contributed by atoms with E-state index in [1.807, 2.05) is 32.0 Å². The molecule has 0 aliphatic carbocycles. The Balaban J connectivity index is 2.46. The van der Waals surface area contributed by atoms with Gasteiger partial charge in [0.2, 0.25) is 5.91 Å². The summed E-state index contributed by atoms with van der Waals surface area (Å²) in [6.45, 7) is 6.41. The van der Waals surface area contributed by atoms with E-state index < -0.39 is 0 Å². The maximum atomic E-state index is 11.5. The molecule has 94 valence electrons. The molecule has 1 rings (SSSR count). The van der Waals surface area contributed by atoms with Gasteiger partial charge < -0.3 is 10.6 Å². The first kappa shape index (κ1) is 13.7. The Morgan fingerprint density at radius 3 is 2.41 bits per heavy atom. The molecule has 1 unspecified atom stereocenters. The van der Waals surface area contributed by atoms with Crippen LogP contribution < -0.4 is 10.6 Å². The smallest absolute Gasteiger partial charge is 0.234 e. The lowest BCUT2D eigenvalue weighted by Crippen LogP contribution is -2.38. The highest BCUT2D eigenvalue weighted by molar-refractivity contribution is 5.78. The molecule has 1 atom stereocenters. The van der Waals surface area contributed by atoms with Gasteiger partial charge in [-0.3, -0.25) is 4.79 Å². The summed E-state index contributed by atoms with van der Waals surface area (Å²) in [6.07, 6.45) is 0.971. The minimum Gasteiger partial charge on any atom is -0.353 e. The Morgan fingerprint density at radius 2 is 1.88 bits per heavy atom. The van der Waals surface area contributed by atoms with Crippen LogP contribution in [0.3, 0.4) is 0 Å². The molecule has 0 aliphatic rings.